The Kier molecular flexibility index (Phi) is 5.10. The molecular formula is C17H12BrFN2O4S. The summed E-state index contributed by atoms with van der Waals surface area (Å²) >= 11 is 3.11. The molecule has 0 fully saturated rings. The predicted octanol–water partition coefficient (Wildman–Crippen LogP) is 4.23. The Bertz CT molecular complexity index is 1050. The number of benzene rings is 2. The highest BCUT2D eigenvalue weighted by molar-refractivity contribution is 9.10. The summed E-state index contributed by atoms with van der Waals surface area (Å²) in [5.74, 6) is -0.904. The minimum Gasteiger partial charge on any atom is -0.444 e. The number of halogens is 2. The van der Waals surface area contributed by atoms with Gasteiger partial charge in [0.2, 0.25) is 0 Å². The molecule has 0 unspecified atom stereocenters. The number of hydrogen-bond donors (Lipinski definition) is 2. The number of carbonyl (C=O) groups excluding carboxylic acids is 1. The van der Waals surface area contributed by atoms with Gasteiger partial charge in [0.25, 0.3) is 15.9 Å². The van der Waals surface area contributed by atoms with Crippen LogP contribution in [-0.4, -0.2) is 14.3 Å². The predicted molar refractivity (Wildman–Crippen MR) is 98.0 cm³/mol. The molecule has 0 aliphatic rings. The highest BCUT2D eigenvalue weighted by Crippen LogP contribution is 2.20. The quantitative estimate of drug-likeness (QED) is 0.623. The molecule has 3 rings (SSSR count). The Morgan fingerprint density at radius 1 is 1.00 bits per heavy atom. The van der Waals surface area contributed by atoms with E-state index >= 15 is 0 Å². The third kappa shape index (κ3) is 4.30. The second kappa shape index (κ2) is 7.30. The summed E-state index contributed by atoms with van der Waals surface area (Å²) < 4.78 is 45.7. The molecule has 0 bridgehead atoms. The number of hydrogen-bond acceptors (Lipinski definition) is 4. The van der Waals surface area contributed by atoms with E-state index in [2.05, 4.69) is 26.0 Å². The Morgan fingerprint density at radius 2 is 1.73 bits per heavy atom. The number of rotatable bonds is 5. The third-order valence-electron chi connectivity index (χ3n) is 3.30. The lowest BCUT2D eigenvalue weighted by atomic mass is 10.3. The maximum atomic E-state index is 13.2. The van der Waals surface area contributed by atoms with Crippen LogP contribution in [0.15, 0.2) is 74.6 Å². The van der Waals surface area contributed by atoms with Crippen LogP contribution in [0, 0.1) is 5.82 Å². The van der Waals surface area contributed by atoms with Gasteiger partial charge in [0, 0.05) is 5.69 Å². The van der Waals surface area contributed by atoms with E-state index in [0.29, 0.717) is 10.4 Å². The number of anilines is 2. The molecule has 0 saturated carbocycles. The van der Waals surface area contributed by atoms with E-state index in [1.54, 1.807) is 6.07 Å². The molecule has 0 spiro atoms. The molecule has 1 heterocycles. The fourth-order valence-corrected chi connectivity index (χ4v) is 3.47. The molecule has 0 aliphatic heterocycles. The molecule has 1 amide bonds. The Labute approximate surface area is 157 Å². The second-order valence-corrected chi connectivity index (χ2v) is 7.66. The maximum Gasteiger partial charge on any atom is 0.291 e. The molecule has 6 nitrogen and oxygen atoms in total. The summed E-state index contributed by atoms with van der Waals surface area (Å²) in [6.45, 7) is 0. The van der Waals surface area contributed by atoms with Crippen molar-refractivity contribution in [3.8, 4) is 0 Å². The number of sulfonamides is 1. The zero-order valence-corrected chi connectivity index (χ0v) is 15.5. The minimum atomic E-state index is -3.88. The summed E-state index contributed by atoms with van der Waals surface area (Å²) in [4.78, 5) is 12.0. The normalized spacial score (nSPS) is 11.2. The van der Waals surface area contributed by atoms with Crippen LogP contribution in [0.4, 0.5) is 15.8 Å². The first-order valence-corrected chi connectivity index (χ1v) is 9.56. The largest absolute Gasteiger partial charge is 0.444 e. The van der Waals surface area contributed by atoms with Crippen molar-refractivity contribution < 1.29 is 22.0 Å². The van der Waals surface area contributed by atoms with Crippen molar-refractivity contribution in [1.82, 2.24) is 0 Å². The van der Waals surface area contributed by atoms with E-state index in [-0.39, 0.29) is 16.3 Å². The van der Waals surface area contributed by atoms with Crippen LogP contribution in [0.2, 0.25) is 0 Å². The average Bonchev–Trinajstić information content (AvgIpc) is 3.01. The summed E-state index contributed by atoms with van der Waals surface area (Å²) in [7, 11) is -3.88. The monoisotopic (exact) mass is 438 g/mol. The summed E-state index contributed by atoms with van der Waals surface area (Å²) in [6, 6.07) is 13.8. The van der Waals surface area contributed by atoms with Gasteiger partial charge in [-0.05, 0) is 70.5 Å². The van der Waals surface area contributed by atoms with Crippen molar-refractivity contribution in [3.63, 3.8) is 0 Å². The Balaban J connectivity index is 1.73. The van der Waals surface area contributed by atoms with Crippen molar-refractivity contribution in [2.24, 2.45) is 0 Å². The number of nitrogens with one attached hydrogen (secondary N) is 2. The van der Waals surface area contributed by atoms with Crippen LogP contribution < -0.4 is 10.0 Å². The van der Waals surface area contributed by atoms with Gasteiger partial charge >= 0.3 is 0 Å². The van der Waals surface area contributed by atoms with Gasteiger partial charge in [-0.3, -0.25) is 9.52 Å². The number of amides is 1. The van der Waals surface area contributed by atoms with Crippen molar-refractivity contribution in [2.75, 3.05) is 10.0 Å². The van der Waals surface area contributed by atoms with Crippen LogP contribution in [-0.2, 0) is 10.0 Å². The topological polar surface area (TPSA) is 88.4 Å². The van der Waals surface area contributed by atoms with Gasteiger partial charge in [0.15, 0.2) is 10.4 Å². The lowest BCUT2D eigenvalue weighted by Crippen LogP contribution is -2.14. The van der Waals surface area contributed by atoms with Crippen LogP contribution >= 0.6 is 15.9 Å². The smallest absolute Gasteiger partial charge is 0.291 e. The summed E-state index contributed by atoms with van der Waals surface area (Å²) in [5, 5.41) is 2.59. The van der Waals surface area contributed by atoms with Gasteiger partial charge in [-0.25, -0.2) is 12.8 Å². The number of carbonyl (C=O) groups is 1. The van der Waals surface area contributed by atoms with Gasteiger partial charge in [-0.2, -0.15) is 0 Å². The Hall–Kier alpha value is -2.65. The van der Waals surface area contributed by atoms with E-state index in [4.69, 9.17) is 4.42 Å². The third-order valence-corrected chi connectivity index (χ3v) is 5.12. The molecule has 0 atom stereocenters. The fraction of sp³-hybridized carbons (Fsp3) is 0. The van der Waals surface area contributed by atoms with Gasteiger partial charge in [-0.1, -0.05) is 6.07 Å². The molecule has 0 saturated heterocycles. The zero-order chi connectivity index (χ0) is 18.7. The summed E-state index contributed by atoms with van der Waals surface area (Å²) in [6.07, 6.45) is 0. The first kappa shape index (κ1) is 18.2. The van der Waals surface area contributed by atoms with Crippen molar-refractivity contribution in [3.05, 3.63) is 76.9 Å². The van der Waals surface area contributed by atoms with Gasteiger partial charge in [-0.15, -0.1) is 0 Å². The minimum absolute atomic E-state index is 0.0273. The van der Waals surface area contributed by atoms with E-state index in [9.17, 15) is 17.6 Å². The molecule has 1 aromatic heterocycles. The summed E-state index contributed by atoms with van der Waals surface area (Å²) in [5.41, 5.74) is 0.512. The van der Waals surface area contributed by atoms with E-state index in [1.807, 2.05) is 0 Å². The molecule has 0 radical (unpaired) electrons. The molecule has 9 heteroatoms. The lowest BCUT2D eigenvalue weighted by Gasteiger charge is -2.09. The zero-order valence-electron chi connectivity index (χ0n) is 13.1. The van der Waals surface area contributed by atoms with Gasteiger partial charge in [0.1, 0.15) is 5.82 Å². The van der Waals surface area contributed by atoms with E-state index in [0.717, 1.165) is 6.07 Å². The van der Waals surface area contributed by atoms with Crippen molar-refractivity contribution >= 4 is 43.2 Å². The highest BCUT2D eigenvalue weighted by Gasteiger charge is 2.15. The average molecular weight is 439 g/mol. The molecule has 2 N–H and O–H groups in total. The van der Waals surface area contributed by atoms with Crippen LogP contribution in [0.1, 0.15) is 10.6 Å². The van der Waals surface area contributed by atoms with E-state index < -0.39 is 21.7 Å². The standard InChI is InChI=1S/C17H12BrFN2O4S/c18-16-9-8-15(25-16)17(22)20-12-4-6-14(7-5-12)26(23,24)21-13-3-1-2-11(19)10-13/h1-10,21H,(H,20,22). The SMILES string of the molecule is O=C(Nc1ccc(S(=O)(=O)Nc2cccc(F)c2)cc1)c1ccc(Br)o1. The molecular weight excluding hydrogens is 427 g/mol. The van der Waals surface area contributed by atoms with Crippen molar-refractivity contribution in [2.45, 2.75) is 4.90 Å². The first-order valence-electron chi connectivity index (χ1n) is 7.29. The first-order chi connectivity index (χ1) is 12.3. The molecule has 3 aromatic rings. The number of furan rings is 1. The maximum absolute atomic E-state index is 13.2. The molecule has 26 heavy (non-hydrogen) atoms. The molecule has 0 aliphatic carbocycles. The lowest BCUT2D eigenvalue weighted by molar-refractivity contribution is 0.0995. The van der Waals surface area contributed by atoms with Crippen LogP contribution in [0.3, 0.4) is 0 Å². The Morgan fingerprint density at radius 3 is 2.35 bits per heavy atom. The molecule has 134 valence electrons. The highest BCUT2D eigenvalue weighted by atomic mass is 79.9. The van der Waals surface area contributed by atoms with Gasteiger partial charge in [0.05, 0.1) is 10.6 Å². The van der Waals surface area contributed by atoms with Gasteiger partial charge < -0.3 is 9.73 Å². The van der Waals surface area contributed by atoms with Crippen LogP contribution in [0.25, 0.3) is 0 Å². The van der Waals surface area contributed by atoms with E-state index in [1.165, 1.54) is 48.5 Å². The van der Waals surface area contributed by atoms with Crippen LogP contribution in [0.5, 0.6) is 0 Å². The molecule has 2 aromatic carbocycles. The fourth-order valence-electron chi connectivity index (χ4n) is 2.11. The second-order valence-electron chi connectivity index (χ2n) is 5.20. The van der Waals surface area contributed by atoms with Crippen molar-refractivity contribution in [1.29, 1.82) is 0 Å².